The first-order valence-electron chi connectivity index (χ1n) is 10.8. The number of benzene rings is 3. The lowest BCUT2D eigenvalue weighted by atomic mass is 10.1. The fourth-order valence-electron chi connectivity index (χ4n) is 3.95. The van der Waals surface area contributed by atoms with Gasteiger partial charge in [-0.15, -0.1) is 10.2 Å². The van der Waals surface area contributed by atoms with Crippen LogP contribution in [0.4, 0.5) is 0 Å². The predicted molar refractivity (Wildman–Crippen MR) is 142 cm³/mol. The zero-order valence-corrected chi connectivity index (χ0v) is 22.6. The summed E-state index contributed by atoms with van der Waals surface area (Å²) in [4.78, 5) is 0.272. The number of nitrogens with zero attached hydrogens (tertiary/aromatic N) is 3. The minimum atomic E-state index is -3.80. The molecule has 4 rings (SSSR count). The molecule has 1 heterocycles. The summed E-state index contributed by atoms with van der Waals surface area (Å²) in [5.41, 5.74) is 4.09. The molecular formula is C25H24Cl2N4O2S2. The molecule has 0 fully saturated rings. The van der Waals surface area contributed by atoms with Crippen molar-refractivity contribution in [1.29, 1.82) is 0 Å². The number of rotatable bonds is 8. The van der Waals surface area contributed by atoms with E-state index in [2.05, 4.69) is 14.9 Å². The summed E-state index contributed by atoms with van der Waals surface area (Å²) in [5.74, 6) is 1.06. The molecule has 0 aliphatic carbocycles. The molecule has 182 valence electrons. The van der Waals surface area contributed by atoms with E-state index in [9.17, 15) is 8.42 Å². The van der Waals surface area contributed by atoms with Gasteiger partial charge in [-0.3, -0.25) is 4.57 Å². The molecule has 3 aromatic carbocycles. The Bertz CT molecular complexity index is 1450. The molecular weight excluding hydrogens is 523 g/mol. The molecule has 0 saturated carbocycles. The number of sulfonamides is 1. The van der Waals surface area contributed by atoms with Crippen LogP contribution in [0.2, 0.25) is 10.0 Å². The van der Waals surface area contributed by atoms with Crippen LogP contribution in [-0.2, 0) is 22.3 Å². The second-order valence-corrected chi connectivity index (χ2v) is 11.6. The van der Waals surface area contributed by atoms with Crippen LogP contribution in [0.3, 0.4) is 0 Å². The van der Waals surface area contributed by atoms with E-state index in [0.717, 1.165) is 11.1 Å². The third-order valence-corrected chi connectivity index (χ3v) is 8.61. The highest BCUT2D eigenvalue weighted by molar-refractivity contribution is 7.98. The van der Waals surface area contributed by atoms with Crippen LogP contribution in [0.1, 0.15) is 28.1 Å². The number of aryl methyl sites for hydroxylation is 3. The molecule has 4 aromatic rings. The first-order valence-corrected chi connectivity index (χ1v) is 14.0. The number of nitrogens with one attached hydrogen (secondary N) is 1. The van der Waals surface area contributed by atoms with Crippen molar-refractivity contribution in [1.82, 2.24) is 19.5 Å². The number of halogens is 2. The van der Waals surface area contributed by atoms with Crippen LogP contribution < -0.4 is 4.72 Å². The average Bonchev–Trinajstić information content (AvgIpc) is 3.20. The van der Waals surface area contributed by atoms with E-state index in [-0.39, 0.29) is 11.4 Å². The monoisotopic (exact) mass is 546 g/mol. The summed E-state index contributed by atoms with van der Waals surface area (Å²) >= 11 is 14.2. The molecule has 0 aliphatic rings. The molecule has 0 radical (unpaired) electrons. The predicted octanol–water partition coefficient (Wildman–Crippen LogP) is 6.27. The topological polar surface area (TPSA) is 76.9 Å². The SMILES string of the molecule is Cc1cc(C)c(S(=O)(=O)NCc2nnc(SCc3ccccc3)n2-c2cc(Cl)ccc2Cl)c(C)c1. The molecule has 0 unspecified atom stereocenters. The first-order chi connectivity index (χ1) is 16.7. The van der Waals surface area contributed by atoms with Crippen molar-refractivity contribution in [2.24, 2.45) is 0 Å². The number of hydrogen-bond donors (Lipinski definition) is 1. The highest BCUT2D eigenvalue weighted by Gasteiger charge is 2.23. The van der Waals surface area contributed by atoms with Gasteiger partial charge in [-0.2, -0.15) is 0 Å². The summed E-state index contributed by atoms with van der Waals surface area (Å²) in [6.45, 7) is 5.45. The Labute approximate surface area is 219 Å². The maximum atomic E-state index is 13.2. The minimum Gasteiger partial charge on any atom is -0.271 e. The van der Waals surface area contributed by atoms with Gasteiger partial charge in [0.15, 0.2) is 11.0 Å². The Kier molecular flexibility index (Phi) is 7.88. The highest BCUT2D eigenvalue weighted by atomic mass is 35.5. The summed E-state index contributed by atoms with van der Waals surface area (Å²) in [7, 11) is -3.80. The molecule has 1 aromatic heterocycles. The van der Waals surface area contributed by atoms with Crippen LogP contribution in [0, 0.1) is 20.8 Å². The minimum absolute atomic E-state index is 0.0726. The lowest BCUT2D eigenvalue weighted by Gasteiger charge is -2.15. The second kappa shape index (κ2) is 10.7. The Hall–Kier alpha value is -2.36. The van der Waals surface area contributed by atoms with Gasteiger partial charge in [0.25, 0.3) is 0 Å². The van der Waals surface area contributed by atoms with Crippen molar-refractivity contribution in [3.05, 3.63) is 98.8 Å². The Morgan fingerprint density at radius 1 is 0.943 bits per heavy atom. The Morgan fingerprint density at radius 2 is 1.63 bits per heavy atom. The fourth-order valence-corrected chi connectivity index (χ4v) is 6.67. The van der Waals surface area contributed by atoms with Gasteiger partial charge in [-0.05, 0) is 55.7 Å². The highest BCUT2D eigenvalue weighted by Crippen LogP contribution is 2.31. The second-order valence-electron chi connectivity index (χ2n) is 8.16. The van der Waals surface area contributed by atoms with Crippen molar-refractivity contribution < 1.29 is 8.42 Å². The Balaban J connectivity index is 1.68. The van der Waals surface area contributed by atoms with Gasteiger partial charge < -0.3 is 0 Å². The zero-order chi connectivity index (χ0) is 25.2. The molecule has 0 atom stereocenters. The first kappa shape index (κ1) is 25.7. The maximum absolute atomic E-state index is 13.2. The standard InChI is InChI=1S/C25H24Cl2N4O2S2/c1-16-11-17(2)24(18(3)12-16)35(32,33)28-14-23-29-30-25(34-15-19-7-5-4-6-8-19)31(23)22-13-20(26)9-10-21(22)27/h4-13,28H,14-15H2,1-3H3. The van der Waals surface area contributed by atoms with Crippen molar-refractivity contribution in [3.8, 4) is 5.69 Å². The fraction of sp³-hybridized carbons (Fsp3) is 0.200. The summed E-state index contributed by atoms with van der Waals surface area (Å²) in [6.07, 6.45) is 0. The van der Waals surface area contributed by atoms with Crippen LogP contribution in [0.25, 0.3) is 5.69 Å². The van der Waals surface area contributed by atoms with E-state index in [4.69, 9.17) is 23.2 Å². The lowest BCUT2D eigenvalue weighted by Crippen LogP contribution is -2.26. The van der Waals surface area contributed by atoms with Crippen molar-refractivity contribution in [3.63, 3.8) is 0 Å². The van der Waals surface area contributed by atoms with E-state index < -0.39 is 10.0 Å². The van der Waals surface area contributed by atoms with Gasteiger partial charge in [0.1, 0.15) is 0 Å². The van der Waals surface area contributed by atoms with Crippen LogP contribution in [0.15, 0.2) is 70.7 Å². The summed E-state index contributed by atoms with van der Waals surface area (Å²) < 4.78 is 30.9. The van der Waals surface area contributed by atoms with Crippen molar-refractivity contribution in [2.75, 3.05) is 0 Å². The normalized spacial score (nSPS) is 11.7. The van der Waals surface area contributed by atoms with Crippen molar-refractivity contribution >= 4 is 45.0 Å². The van der Waals surface area contributed by atoms with Crippen LogP contribution >= 0.6 is 35.0 Å². The average molecular weight is 548 g/mol. The maximum Gasteiger partial charge on any atom is 0.241 e. The van der Waals surface area contributed by atoms with E-state index in [1.807, 2.05) is 49.4 Å². The van der Waals surface area contributed by atoms with E-state index in [1.54, 1.807) is 36.6 Å². The smallest absolute Gasteiger partial charge is 0.241 e. The van der Waals surface area contributed by atoms with Gasteiger partial charge in [0.05, 0.1) is 22.2 Å². The van der Waals surface area contributed by atoms with Gasteiger partial charge in [0.2, 0.25) is 10.0 Å². The molecule has 10 heteroatoms. The number of aromatic nitrogens is 3. The summed E-state index contributed by atoms with van der Waals surface area (Å²) in [5, 5.41) is 10.2. The van der Waals surface area contributed by atoms with Gasteiger partial charge in [-0.25, -0.2) is 13.1 Å². The quantitative estimate of drug-likeness (QED) is 0.263. The number of hydrogen-bond acceptors (Lipinski definition) is 5. The van der Waals surface area contributed by atoms with E-state index in [0.29, 0.717) is 43.6 Å². The van der Waals surface area contributed by atoms with Gasteiger partial charge in [0, 0.05) is 10.8 Å². The van der Waals surface area contributed by atoms with Crippen molar-refractivity contribution in [2.45, 2.75) is 43.1 Å². The largest absolute Gasteiger partial charge is 0.271 e. The molecule has 0 bridgehead atoms. The zero-order valence-electron chi connectivity index (χ0n) is 19.4. The van der Waals surface area contributed by atoms with Gasteiger partial charge in [-0.1, -0.05) is 83.0 Å². The van der Waals surface area contributed by atoms with Crippen LogP contribution in [-0.4, -0.2) is 23.2 Å². The molecule has 0 saturated heterocycles. The molecule has 1 N–H and O–H groups in total. The Morgan fingerprint density at radius 3 is 2.31 bits per heavy atom. The lowest BCUT2D eigenvalue weighted by molar-refractivity contribution is 0.577. The van der Waals surface area contributed by atoms with E-state index >= 15 is 0 Å². The molecule has 0 amide bonds. The molecule has 0 spiro atoms. The summed E-state index contributed by atoms with van der Waals surface area (Å²) in [6, 6.07) is 18.8. The molecule has 0 aliphatic heterocycles. The third-order valence-electron chi connectivity index (χ3n) is 5.35. The number of thioether (sulfide) groups is 1. The molecule has 35 heavy (non-hydrogen) atoms. The van der Waals surface area contributed by atoms with Gasteiger partial charge >= 0.3 is 0 Å². The third kappa shape index (κ3) is 5.90. The molecule has 6 nitrogen and oxygen atoms in total. The van der Waals surface area contributed by atoms with E-state index in [1.165, 1.54) is 11.8 Å². The van der Waals surface area contributed by atoms with Crippen LogP contribution in [0.5, 0.6) is 0 Å².